The Labute approximate surface area is 118 Å². The van der Waals surface area contributed by atoms with Crippen LogP contribution in [0.3, 0.4) is 0 Å². The van der Waals surface area contributed by atoms with E-state index < -0.39 is 10.8 Å². The number of allylic oxidation sites excluding steroid dienone is 1. The van der Waals surface area contributed by atoms with Crippen molar-refractivity contribution in [3.8, 4) is 0 Å². The molecular formula is C10H8Cl2N4O3. The van der Waals surface area contributed by atoms with Crippen LogP contribution in [0.1, 0.15) is 6.92 Å². The van der Waals surface area contributed by atoms with Crippen molar-refractivity contribution in [1.82, 2.24) is 4.84 Å². The third-order valence-corrected chi connectivity index (χ3v) is 2.60. The molecule has 0 bridgehead atoms. The Bertz CT molecular complexity index is 554. The fourth-order valence-corrected chi connectivity index (χ4v) is 1.25. The zero-order valence-corrected chi connectivity index (χ0v) is 11.1. The standard InChI is InChI=1S/C10H8Cl2N4O3/c1-6(9(11)10(17)13-12)14-15-7-2-4-8(5-3-7)16(18)19/h2-5H,1H3,(H,13,17)/b9-6+,15-14?. The molecule has 19 heavy (non-hydrogen) atoms. The Morgan fingerprint density at radius 1 is 1.37 bits per heavy atom. The molecule has 0 aliphatic heterocycles. The second-order valence-corrected chi connectivity index (χ2v) is 3.86. The Morgan fingerprint density at radius 2 is 1.95 bits per heavy atom. The van der Waals surface area contributed by atoms with Gasteiger partial charge in [-0.15, -0.1) is 0 Å². The fourth-order valence-electron chi connectivity index (χ4n) is 1.02. The Balaban J connectivity index is 2.87. The summed E-state index contributed by atoms with van der Waals surface area (Å²) in [5.74, 6) is -0.691. The maximum Gasteiger partial charge on any atom is 0.279 e. The number of nitro benzene ring substituents is 1. The Kier molecular flexibility index (Phi) is 5.40. The van der Waals surface area contributed by atoms with E-state index >= 15 is 0 Å². The van der Waals surface area contributed by atoms with Crippen LogP contribution < -0.4 is 4.84 Å². The Morgan fingerprint density at radius 3 is 2.42 bits per heavy atom. The van der Waals surface area contributed by atoms with Crippen molar-refractivity contribution in [2.24, 2.45) is 10.2 Å². The molecule has 0 unspecified atom stereocenters. The summed E-state index contributed by atoms with van der Waals surface area (Å²) in [6.45, 7) is 1.48. The maximum absolute atomic E-state index is 11.1. The van der Waals surface area contributed by atoms with Gasteiger partial charge >= 0.3 is 0 Å². The van der Waals surface area contributed by atoms with Crippen molar-refractivity contribution in [1.29, 1.82) is 0 Å². The second-order valence-electron chi connectivity index (χ2n) is 3.30. The minimum atomic E-state index is -0.691. The summed E-state index contributed by atoms with van der Waals surface area (Å²) in [5.41, 5.74) is 0.504. The summed E-state index contributed by atoms with van der Waals surface area (Å²) in [4.78, 5) is 22.8. The molecule has 1 aromatic carbocycles. The molecule has 1 amide bonds. The third kappa shape index (κ3) is 4.31. The molecule has 0 saturated carbocycles. The van der Waals surface area contributed by atoms with E-state index in [9.17, 15) is 14.9 Å². The number of nitrogens with one attached hydrogen (secondary N) is 1. The molecule has 0 heterocycles. The molecule has 0 spiro atoms. The summed E-state index contributed by atoms with van der Waals surface area (Å²) >= 11 is 10.8. The lowest BCUT2D eigenvalue weighted by molar-refractivity contribution is -0.384. The number of azo groups is 1. The van der Waals surface area contributed by atoms with Gasteiger partial charge in [-0.05, 0) is 19.1 Å². The van der Waals surface area contributed by atoms with Crippen molar-refractivity contribution in [3.63, 3.8) is 0 Å². The molecule has 0 aromatic heterocycles. The normalized spacial score (nSPS) is 12.2. The highest BCUT2D eigenvalue weighted by atomic mass is 35.5. The molecule has 0 radical (unpaired) electrons. The number of nitrogens with zero attached hydrogens (tertiary/aromatic N) is 3. The molecule has 100 valence electrons. The molecule has 0 saturated heterocycles. The summed E-state index contributed by atoms with van der Waals surface area (Å²) in [6, 6.07) is 5.43. The van der Waals surface area contributed by atoms with Crippen molar-refractivity contribution >= 4 is 40.7 Å². The van der Waals surface area contributed by atoms with Crippen molar-refractivity contribution in [2.75, 3.05) is 0 Å². The second kappa shape index (κ2) is 6.81. The average Bonchev–Trinajstić information content (AvgIpc) is 2.43. The van der Waals surface area contributed by atoms with Gasteiger partial charge in [0, 0.05) is 23.9 Å². The van der Waals surface area contributed by atoms with Crippen LogP contribution in [0.15, 0.2) is 45.2 Å². The van der Waals surface area contributed by atoms with Gasteiger partial charge in [-0.2, -0.15) is 10.2 Å². The molecule has 7 nitrogen and oxygen atoms in total. The smallest absolute Gasteiger partial charge is 0.267 e. The minimum absolute atomic E-state index is 0.0502. The number of rotatable bonds is 4. The van der Waals surface area contributed by atoms with Gasteiger partial charge in [0.2, 0.25) is 0 Å². The predicted molar refractivity (Wildman–Crippen MR) is 70.2 cm³/mol. The van der Waals surface area contributed by atoms with Gasteiger partial charge in [0.1, 0.15) is 5.03 Å². The van der Waals surface area contributed by atoms with E-state index in [4.69, 9.17) is 23.4 Å². The lowest BCUT2D eigenvalue weighted by Gasteiger charge is -1.97. The first kappa shape index (κ1) is 15.1. The van der Waals surface area contributed by atoms with Crippen LogP contribution in [-0.2, 0) is 4.79 Å². The number of benzene rings is 1. The summed E-state index contributed by atoms with van der Waals surface area (Å²) in [5, 5.41) is 17.8. The highest BCUT2D eigenvalue weighted by Gasteiger charge is 2.08. The number of carbonyl (C=O) groups excluding carboxylic acids is 1. The van der Waals surface area contributed by atoms with Gasteiger partial charge in [-0.3, -0.25) is 19.7 Å². The van der Waals surface area contributed by atoms with E-state index in [-0.39, 0.29) is 16.4 Å². The van der Waals surface area contributed by atoms with E-state index in [0.717, 1.165) is 0 Å². The highest BCUT2D eigenvalue weighted by molar-refractivity contribution is 6.45. The summed E-state index contributed by atoms with van der Waals surface area (Å²) in [7, 11) is 0. The number of carbonyl (C=O) groups is 1. The van der Waals surface area contributed by atoms with Crippen molar-refractivity contribution in [2.45, 2.75) is 6.92 Å². The number of amides is 1. The first-order valence-corrected chi connectivity index (χ1v) is 5.65. The minimum Gasteiger partial charge on any atom is -0.267 e. The summed E-state index contributed by atoms with van der Waals surface area (Å²) < 4.78 is 0. The van der Waals surface area contributed by atoms with Crippen LogP contribution in [0.25, 0.3) is 0 Å². The third-order valence-electron chi connectivity index (χ3n) is 1.98. The SMILES string of the molecule is C/C(N=Nc1ccc([N+](=O)[O-])cc1)=C(\Cl)C(=O)NCl. The fraction of sp³-hybridized carbons (Fsp3) is 0.100. The lowest BCUT2D eigenvalue weighted by atomic mass is 10.3. The molecule has 0 aliphatic carbocycles. The van der Waals surface area contributed by atoms with E-state index in [1.165, 1.54) is 31.2 Å². The molecule has 1 aromatic rings. The molecule has 1 rings (SSSR count). The number of hydrogen-bond acceptors (Lipinski definition) is 5. The van der Waals surface area contributed by atoms with Crippen molar-refractivity contribution in [3.05, 3.63) is 45.1 Å². The first-order valence-electron chi connectivity index (χ1n) is 4.89. The molecule has 0 aliphatic rings. The van der Waals surface area contributed by atoms with Crippen LogP contribution in [0.4, 0.5) is 11.4 Å². The zero-order chi connectivity index (χ0) is 14.4. The zero-order valence-electron chi connectivity index (χ0n) is 9.63. The van der Waals surface area contributed by atoms with Gasteiger partial charge in [0.25, 0.3) is 11.6 Å². The van der Waals surface area contributed by atoms with Crippen LogP contribution in [0, 0.1) is 10.1 Å². The van der Waals surface area contributed by atoms with Gasteiger partial charge in [-0.25, -0.2) is 0 Å². The van der Waals surface area contributed by atoms with E-state index in [1.807, 2.05) is 4.84 Å². The topological polar surface area (TPSA) is 97.0 Å². The van der Waals surface area contributed by atoms with Crippen LogP contribution >= 0.6 is 23.4 Å². The van der Waals surface area contributed by atoms with Crippen LogP contribution in [0.5, 0.6) is 0 Å². The van der Waals surface area contributed by atoms with Gasteiger partial charge in [0.15, 0.2) is 0 Å². The molecule has 1 N–H and O–H groups in total. The van der Waals surface area contributed by atoms with Crippen LogP contribution in [-0.4, -0.2) is 10.8 Å². The first-order chi connectivity index (χ1) is 8.95. The lowest BCUT2D eigenvalue weighted by Crippen LogP contribution is -2.12. The van der Waals surface area contributed by atoms with E-state index in [1.54, 1.807) is 0 Å². The van der Waals surface area contributed by atoms with Crippen molar-refractivity contribution < 1.29 is 9.72 Å². The van der Waals surface area contributed by atoms with E-state index in [2.05, 4.69) is 10.2 Å². The monoisotopic (exact) mass is 302 g/mol. The number of nitro groups is 1. The molecule has 0 fully saturated rings. The number of hydrogen-bond donors (Lipinski definition) is 1. The van der Waals surface area contributed by atoms with Gasteiger partial charge in [0.05, 0.1) is 16.3 Å². The van der Waals surface area contributed by atoms with Crippen LogP contribution in [0.2, 0.25) is 0 Å². The maximum atomic E-state index is 11.1. The van der Waals surface area contributed by atoms with E-state index in [0.29, 0.717) is 5.69 Å². The largest absolute Gasteiger partial charge is 0.279 e. The van der Waals surface area contributed by atoms with Gasteiger partial charge in [-0.1, -0.05) is 11.6 Å². The average molecular weight is 303 g/mol. The molecule has 9 heteroatoms. The number of halogens is 2. The molecular weight excluding hydrogens is 295 g/mol. The number of non-ortho nitro benzene ring substituents is 1. The predicted octanol–water partition coefficient (Wildman–Crippen LogP) is 3.42. The quantitative estimate of drug-likeness (QED) is 0.303. The van der Waals surface area contributed by atoms with Gasteiger partial charge < -0.3 is 0 Å². The summed E-state index contributed by atoms with van der Waals surface area (Å²) in [6.07, 6.45) is 0. The Hall–Kier alpha value is -1.99. The molecule has 0 atom stereocenters. The highest BCUT2D eigenvalue weighted by Crippen LogP contribution is 2.20.